The first-order chi connectivity index (χ1) is 16.5. The molecule has 1 atom stereocenters. The number of ketones is 1. The Hall–Kier alpha value is 0.180. The van der Waals surface area contributed by atoms with Crippen molar-refractivity contribution in [3.05, 3.63) is 11.6 Å². The summed E-state index contributed by atoms with van der Waals surface area (Å²) in [7, 11) is 0. The quantitative estimate of drug-likeness (QED) is 0.0705. The molecule has 1 saturated heterocycles. The number of allylic oxidation sites excluding steroid dienone is 2. The summed E-state index contributed by atoms with van der Waals surface area (Å²) in [5, 5.41) is 0. The molecule has 6 rings (SSSR count). The summed E-state index contributed by atoms with van der Waals surface area (Å²) in [6, 6.07) is 0. The van der Waals surface area contributed by atoms with Gasteiger partial charge in [0, 0.05) is 0 Å². The van der Waals surface area contributed by atoms with Crippen LogP contribution in [0, 0.1) is 29.6 Å². The van der Waals surface area contributed by atoms with Gasteiger partial charge in [-0.15, -0.1) is 0 Å². The fourth-order valence-corrected chi connectivity index (χ4v) is 16.0. The Labute approximate surface area is 223 Å². The molecule has 0 spiro atoms. The summed E-state index contributed by atoms with van der Waals surface area (Å²) in [4.78, 5) is 26.1. The van der Waals surface area contributed by atoms with Gasteiger partial charge in [0.25, 0.3) is 0 Å². The van der Waals surface area contributed by atoms with Crippen LogP contribution in [-0.2, 0) is 15.7 Å². The van der Waals surface area contributed by atoms with Crippen molar-refractivity contribution in [2.45, 2.75) is 83.8 Å². The molecule has 0 aromatic carbocycles. The van der Waals surface area contributed by atoms with Gasteiger partial charge in [0.2, 0.25) is 0 Å². The molecule has 9 heteroatoms. The fourth-order valence-electron chi connectivity index (χ4n) is 7.01. The molecule has 2 N–H and O–H groups in total. The van der Waals surface area contributed by atoms with Crippen LogP contribution in [0.15, 0.2) is 11.6 Å². The van der Waals surface area contributed by atoms with Gasteiger partial charge in [0.15, 0.2) is 0 Å². The minimum atomic E-state index is -2.07. The molecule has 34 heavy (non-hydrogen) atoms. The van der Waals surface area contributed by atoms with Crippen LogP contribution in [0.2, 0.25) is 0 Å². The van der Waals surface area contributed by atoms with Crippen molar-refractivity contribution in [2.24, 2.45) is 35.4 Å². The van der Waals surface area contributed by atoms with E-state index in [9.17, 15) is 9.59 Å². The van der Waals surface area contributed by atoms with E-state index in [0.29, 0.717) is 16.3 Å². The number of hydrogen-bond donors (Lipinski definition) is 1. The van der Waals surface area contributed by atoms with Gasteiger partial charge in [0.05, 0.1) is 0 Å². The molecule has 7 nitrogen and oxygen atoms in total. The summed E-state index contributed by atoms with van der Waals surface area (Å²) >= 11 is -3.03. The Morgan fingerprint density at radius 1 is 1.12 bits per heavy atom. The van der Waals surface area contributed by atoms with E-state index < -0.39 is 48.6 Å². The monoisotopic (exact) mass is 700 g/mol. The molecule has 5 aliphatic carbocycles. The molecule has 5 fully saturated rings. The summed E-state index contributed by atoms with van der Waals surface area (Å²) in [5.74, 6) is 9.37. The second-order valence-electron chi connectivity index (χ2n) is 10.9. The standard InChI is InChI=1S/C25H40I2N3O4/c1-17(33-25(32)24-21-12-18-11-19(14-21)15-22(24)13-18)30(28)26-34-27(29-9-5-6-10-29)16-23(31)20-7-3-2-4-8-20/h7,17-19,21-22,24H,2-6,8-16,28H2,1H3/q-1. The summed E-state index contributed by atoms with van der Waals surface area (Å²) < 4.78 is 16.9. The van der Waals surface area contributed by atoms with Crippen LogP contribution in [0.5, 0.6) is 0 Å². The molecular weight excluding hydrogens is 660 g/mol. The van der Waals surface area contributed by atoms with E-state index in [1.165, 1.54) is 51.4 Å². The number of nitrogens with zero attached hydrogens (tertiary/aromatic N) is 2. The topological polar surface area (TPSA) is 85.1 Å². The summed E-state index contributed by atoms with van der Waals surface area (Å²) in [6.45, 7) is 3.93. The fraction of sp³-hybridized carbons (Fsp3) is 0.840. The molecule has 1 aliphatic heterocycles. The van der Waals surface area contributed by atoms with E-state index >= 15 is 0 Å². The second-order valence-corrected chi connectivity index (χ2v) is 18.8. The van der Waals surface area contributed by atoms with E-state index in [0.717, 1.165) is 49.8 Å². The first-order valence-electron chi connectivity index (χ1n) is 13.2. The van der Waals surface area contributed by atoms with Crippen molar-refractivity contribution >= 4 is 32.3 Å². The van der Waals surface area contributed by atoms with Crippen molar-refractivity contribution in [1.82, 2.24) is 6.34 Å². The molecule has 0 amide bonds. The van der Waals surface area contributed by atoms with Crippen LogP contribution < -0.4 is 27.7 Å². The Balaban J connectivity index is 1.13. The van der Waals surface area contributed by atoms with E-state index in [2.05, 4.69) is 9.19 Å². The van der Waals surface area contributed by atoms with Gasteiger partial charge in [-0.05, 0) is 0 Å². The average Bonchev–Trinajstić information content (AvgIpc) is 3.36. The zero-order valence-corrected chi connectivity index (χ0v) is 24.6. The zero-order chi connectivity index (χ0) is 23.7. The third kappa shape index (κ3) is 6.00. The number of halogens is 2. The Morgan fingerprint density at radius 3 is 2.41 bits per heavy atom. The molecule has 4 saturated carbocycles. The Bertz CT molecular complexity index is 760. The number of alkyl halides is 1. The van der Waals surface area contributed by atoms with Gasteiger partial charge in [-0.3, -0.25) is 0 Å². The third-order valence-corrected chi connectivity index (χ3v) is 17.7. The van der Waals surface area contributed by atoms with E-state index in [4.69, 9.17) is 12.0 Å². The first kappa shape index (κ1) is 25.8. The van der Waals surface area contributed by atoms with Crippen LogP contribution in [-0.4, -0.2) is 41.8 Å². The number of carbonyl (C=O) groups is 2. The molecular formula is C25H40I2N3O4-. The van der Waals surface area contributed by atoms with Crippen LogP contribution in [0.1, 0.15) is 77.6 Å². The number of Topliss-reactive ketones (excluding diaryl/α,β-unsaturated/α-hetero) is 1. The normalized spacial score (nSPS) is 34.4. The van der Waals surface area contributed by atoms with Crippen LogP contribution in [0.4, 0.5) is 0 Å². The van der Waals surface area contributed by atoms with Crippen LogP contribution >= 0.6 is 20.5 Å². The third-order valence-electron chi connectivity index (χ3n) is 8.51. The number of esters is 1. The van der Waals surface area contributed by atoms with Gasteiger partial charge < -0.3 is 0 Å². The molecule has 194 valence electrons. The number of hydrazine groups is 1. The van der Waals surface area contributed by atoms with E-state index in [1.54, 1.807) is 3.22 Å². The molecule has 1 unspecified atom stereocenters. The van der Waals surface area contributed by atoms with Crippen molar-refractivity contribution in [3.63, 3.8) is 0 Å². The minimum absolute atomic E-state index is 0.0462. The molecule has 0 aromatic rings. The average molecular weight is 700 g/mol. The van der Waals surface area contributed by atoms with Crippen molar-refractivity contribution in [3.8, 4) is 0 Å². The maximum absolute atomic E-state index is 13.1. The van der Waals surface area contributed by atoms with E-state index in [-0.39, 0.29) is 17.7 Å². The zero-order valence-electron chi connectivity index (χ0n) is 20.3. The molecule has 0 radical (unpaired) electrons. The Morgan fingerprint density at radius 2 is 1.79 bits per heavy atom. The number of hydrogen-bond acceptors (Lipinski definition) is 7. The summed E-state index contributed by atoms with van der Waals surface area (Å²) in [6.07, 6.45) is 14.5. The number of nitrogens with two attached hydrogens (primary N) is 1. The number of ether oxygens (including phenoxy) is 1. The Kier molecular flexibility index (Phi) is 8.89. The van der Waals surface area contributed by atoms with Crippen LogP contribution in [0.3, 0.4) is 0 Å². The second kappa shape index (κ2) is 11.7. The number of rotatable bonds is 10. The van der Waals surface area contributed by atoms with Crippen molar-refractivity contribution < 1.29 is 37.6 Å². The maximum atomic E-state index is 13.1. The van der Waals surface area contributed by atoms with Crippen LogP contribution in [0.25, 0.3) is 0 Å². The molecule has 1 heterocycles. The molecule has 4 bridgehead atoms. The predicted molar refractivity (Wildman–Crippen MR) is 134 cm³/mol. The molecule has 0 aromatic heterocycles. The van der Waals surface area contributed by atoms with Crippen molar-refractivity contribution in [2.75, 3.05) is 17.5 Å². The van der Waals surface area contributed by atoms with Gasteiger partial charge in [-0.2, -0.15) is 0 Å². The van der Waals surface area contributed by atoms with Crippen molar-refractivity contribution in [1.29, 1.82) is 0 Å². The predicted octanol–water partition coefficient (Wildman–Crippen LogP) is 1.56. The van der Waals surface area contributed by atoms with Gasteiger partial charge >= 0.3 is 225 Å². The van der Waals surface area contributed by atoms with E-state index in [1.807, 2.05) is 6.92 Å². The first-order valence-corrected chi connectivity index (χ1v) is 18.4. The van der Waals surface area contributed by atoms with Gasteiger partial charge in [-0.25, -0.2) is 0 Å². The SMILES string of the molecule is CC(OC(=O)C1C2CC3CC(C2)CC1C3)N(N)[I-]OI(CC(=O)C1=CCCCC1)N1CCCC1. The summed E-state index contributed by atoms with van der Waals surface area (Å²) in [5.41, 5.74) is 1.01. The molecule has 6 aliphatic rings. The van der Waals surface area contributed by atoms with Gasteiger partial charge in [0.1, 0.15) is 0 Å². The van der Waals surface area contributed by atoms with Gasteiger partial charge in [-0.1, -0.05) is 0 Å². The number of carbonyl (C=O) groups excluding carboxylic acids is 2.